The van der Waals surface area contributed by atoms with Crippen molar-refractivity contribution in [1.82, 2.24) is 24.4 Å². The topological polar surface area (TPSA) is 73.1 Å². The Morgan fingerprint density at radius 2 is 2.20 bits per heavy atom. The number of aromatic nitrogens is 4. The van der Waals surface area contributed by atoms with Gasteiger partial charge in [-0.15, -0.1) is 0 Å². The lowest BCUT2D eigenvalue weighted by molar-refractivity contribution is -0.133. The number of aryl methyl sites for hydroxylation is 1. The number of methoxy groups -OCH3 is 1. The first-order valence-electron chi connectivity index (χ1n) is 8.67. The Labute approximate surface area is 148 Å². The van der Waals surface area contributed by atoms with Crippen LogP contribution in [0.5, 0.6) is 0 Å². The van der Waals surface area contributed by atoms with E-state index in [0.717, 1.165) is 42.3 Å². The van der Waals surface area contributed by atoms with E-state index in [-0.39, 0.29) is 11.8 Å². The molecule has 0 radical (unpaired) electrons. The Bertz CT molecular complexity index is 743. The van der Waals surface area contributed by atoms with Gasteiger partial charge in [-0.05, 0) is 19.8 Å². The van der Waals surface area contributed by atoms with Gasteiger partial charge in [-0.25, -0.2) is 9.97 Å². The van der Waals surface area contributed by atoms with Gasteiger partial charge in [-0.2, -0.15) is 0 Å². The molecule has 7 heteroatoms. The highest BCUT2D eigenvalue weighted by atomic mass is 16.5. The summed E-state index contributed by atoms with van der Waals surface area (Å²) in [5.74, 6) is 1.31. The molecule has 0 N–H and O–H groups in total. The van der Waals surface area contributed by atoms with E-state index in [1.165, 1.54) is 0 Å². The fourth-order valence-electron chi connectivity index (χ4n) is 3.23. The lowest BCUT2D eigenvalue weighted by Gasteiger charge is -2.32. The Hall–Kier alpha value is -2.28. The van der Waals surface area contributed by atoms with E-state index in [4.69, 9.17) is 9.72 Å². The van der Waals surface area contributed by atoms with Crippen LogP contribution in [0, 0.1) is 6.92 Å². The van der Waals surface area contributed by atoms with Crippen molar-refractivity contribution >= 4 is 5.91 Å². The summed E-state index contributed by atoms with van der Waals surface area (Å²) in [6, 6.07) is 0. The van der Waals surface area contributed by atoms with Crippen molar-refractivity contribution in [3.8, 4) is 11.4 Å². The Morgan fingerprint density at radius 1 is 1.36 bits per heavy atom. The summed E-state index contributed by atoms with van der Waals surface area (Å²) in [4.78, 5) is 27.7. The minimum atomic E-state index is 0.151. The standard InChI is InChI=1S/C18H25N5O2/c1-13-20-11-17(22(13)2)16-10-19-9-15(21-16)14-5-4-7-23(12-14)18(24)6-8-25-3/h9-11,14H,4-8,12H2,1-3H3/t14-/m1/s1. The number of imidazole rings is 1. The van der Waals surface area contributed by atoms with E-state index in [9.17, 15) is 4.79 Å². The summed E-state index contributed by atoms with van der Waals surface area (Å²) in [6.07, 6.45) is 7.86. The first-order chi connectivity index (χ1) is 12.1. The lowest BCUT2D eigenvalue weighted by atomic mass is 9.94. The lowest BCUT2D eigenvalue weighted by Crippen LogP contribution is -2.39. The zero-order chi connectivity index (χ0) is 17.8. The molecule has 1 amide bonds. The smallest absolute Gasteiger partial charge is 0.224 e. The summed E-state index contributed by atoms with van der Waals surface area (Å²) < 4.78 is 7.02. The number of nitrogens with zero attached hydrogens (tertiary/aromatic N) is 5. The first kappa shape index (κ1) is 17.5. The summed E-state index contributed by atoms with van der Waals surface area (Å²) >= 11 is 0. The van der Waals surface area contributed by atoms with Crippen LogP contribution in [0.15, 0.2) is 18.6 Å². The average molecular weight is 343 g/mol. The number of ether oxygens (including phenoxy) is 1. The van der Waals surface area contributed by atoms with Gasteiger partial charge >= 0.3 is 0 Å². The Kier molecular flexibility index (Phi) is 5.43. The second kappa shape index (κ2) is 7.74. The highest BCUT2D eigenvalue weighted by molar-refractivity contribution is 5.76. The average Bonchev–Trinajstić information content (AvgIpc) is 2.99. The molecule has 1 atom stereocenters. The first-order valence-corrected chi connectivity index (χ1v) is 8.67. The van der Waals surface area contributed by atoms with Crippen molar-refractivity contribution in [3.05, 3.63) is 30.1 Å². The van der Waals surface area contributed by atoms with Crippen LogP contribution in [-0.4, -0.2) is 57.1 Å². The minimum Gasteiger partial charge on any atom is -0.384 e. The molecule has 0 aromatic carbocycles. The summed E-state index contributed by atoms with van der Waals surface area (Å²) in [7, 11) is 3.59. The molecule has 0 aliphatic carbocycles. The van der Waals surface area contributed by atoms with Gasteiger partial charge in [0.15, 0.2) is 0 Å². The fraction of sp³-hybridized carbons (Fsp3) is 0.556. The van der Waals surface area contributed by atoms with Crippen LogP contribution in [0.1, 0.15) is 36.7 Å². The molecule has 3 rings (SSSR count). The molecule has 3 heterocycles. The molecular weight excluding hydrogens is 318 g/mol. The normalized spacial score (nSPS) is 17.7. The van der Waals surface area contributed by atoms with Crippen LogP contribution in [-0.2, 0) is 16.6 Å². The van der Waals surface area contributed by atoms with E-state index in [2.05, 4.69) is 9.97 Å². The third kappa shape index (κ3) is 3.87. The van der Waals surface area contributed by atoms with Crippen molar-refractivity contribution in [1.29, 1.82) is 0 Å². The van der Waals surface area contributed by atoms with Crippen LogP contribution in [0.3, 0.4) is 0 Å². The van der Waals surface area contributed by atoms with Gasteiger partial charge in [-0.3, -0.25) is 9.78 Å². The second-order valence-corrected chi connectivity index (χ2v) is 6.50. The van der Waals surface area contributed by atoms with Gasteiger partial charge in [0.05, 0.1) is 36.8 Å². The van der Waals surface area contributed by atoms with Gasteiger partial charge in [0.1, 0.15) is 11.5 Å². The number of carbonyl (C=O) groups excluding carboxylic acids is 1. The number of hydrogen-bond donors (Lipinski definition) is 0. The third-order valence-corrected chi connectivity index (χ3v) is 4.85. The van der Waals surface area contributed by atoms with Crippen molar-refractivity contribution in [2.24, 2.45) is 7.05 Å². The number of piperidine rings is 1. The Morgan fingerprint density at radius 3 is 2.92 bits per heavy atom. The zero-order valence-corrected chi connectivity index (χ0v) is 15.1. The van der Waals surface area contributed by atoms with Crippen LogP contribution >= 0.6 is 0 Å². The maximum atomic E-state index is 12.3. The molecule has 1 aliphatic heterocycles. The zero-order valence-electron chi connectivity index (χ0n) is 15.1. The molecule has 0 bridgehead atoms. The van der Waals surface area contributed by atoms with Crippen LogP contribution in [0.4, 0.5) is 0 Å². The Balaban J connectivity index is 1.76. The SMILES string of the molecule is COCCC(=O)N1CCC[C@@H](c2cncc(-c3cnc(C)n3C)n2)C1. The van der Waals surface area contributed by atoms with E-state index >= 15 is 0 Å². The molecule has 1 saturated heterocycles. The summed E-state index contributed by atoms with van der Waals surface area (Å²) in [6.45, 7) is 3.94. The van der Waals surface area contributed by atoms with E-state index in [1.807, 2.05) is 35.8 Å². The number of amides is 1. The molecule has 1 fully saturated rings. The maximum Gasteiger partial charge on any atom is 0.224 e. The summed E-state index contributed by atoms with van der Waals surface area (Å²) in [5, 5.41) is 0. The van der Waals surface area contributed by atoms with Crippen LogP contribution in [0.25, 0.3) is 11.4 Å². The van der Waals surface area contributed by atoms with Crippen molar-refractivity contribution < 1.29 is 9.53 Å². The molecule has 2 aromatic rings. The molecule has 0 unspecified atom stereocenters. The van der Waals surface area contributed by atoms with Gasteiger partial charge in [0.2, 0.25) is 5.91 Å². The molecule has 134 valence electrons. The molecule has 7 nitrogen and oxygen atoms in total. The molecular formula is C18H25N5O2. The van der Waals surface area contributed by atoms with Gasteiger partial charge < -0.3 is 14.2 Å². The number of likely N-dealkylation sites (tertiary alicyclic amines) is 1. The highest BCUT2D eigenvalue weighted by Crippen LogP contribution is 2.27. The monoisotopic (exact) mass is 343 g/mol. The van der Waals surface area contributed by atoms with Gasteiger partial charge in [-0.1, -0.05) is 0 Å². The molecule has 0 spiro atoms. The fourth-order valence-corrected chi connectivity index (χ4v) is 3.23. The molecule has 25 heavy (non-hydrogen) atoms. The van der Waals surface area contributed by atoms with Crippen LogP contribution < -0.4 is 0 Å². The maximum absolute atomic E-state index is 12.3. The van der Waals surface area contributed by atoms with Crippen molar-refractivity contribution in [3.63, 3.8) is 0 Å². The second-order valence-electron chi connectivity index (χ2n) is 6.50. The van der Waals surface area contributed by atoms with Gasteiger partial charge in [0, 0.05) is 39.4 Å². The van der Waals surface area contributed by atoms with E-state index < -0.39 is 0 Å². The van der Waals surface area contributed by atoms with Gasteiger partial charge in [0.25, 0.3) is 0 Å². The minimum absolute atomic E-state index is 0.151. The number of hydrogen-bond acceptors (Lipinski definition) is 5. The number of rotatable bonds is 5. The highest BCUT2D eigenvalue weighted by Gasteiger charge is 2.26. The van der Waals surface area contributed by atoms with Crippen molar-refractivity contribution in [2.75, 3.05) is 26.8 Å². The third-order valence-electron chi connectivity index (χ3n) is 4.85. The number of carbonyl (C=O) groups is 1. The van der Waals surface area contributed by atoms with E-state index in [1.54, 1.807) is 13.3 Å². The summed E-state index contributed by atoms with van der Waals surface area (Å²) in [5.41, 5.74) is 2.72. The molecule has 0 saturated carbocycles. The quantitative estimate of drug-likeness (QED) is 0.829. The van der Waals surface area contributed by atoms with Crippen molar-refractivity contribution in [2.45, 2.75) is 32.1 Å². The van der Waals surface area contributed by atoms with Crippen LogP contribution in [0.2, 0.25) is 0 Å². The molecule has 2 aromatic heterocycles. The van der Waals surface area contributed by atoms with E-state index in [0.29, 0.717) is 19.6 Å². The predicted octanol–water partition coefficient (Wildman–Crippen LogP) is 1.93. The largest absolute Gasteiger partial charge is 0.384 e. The predicted molar refractivity (Wildman–Crippen MR) is 94.0 cm³/mol. The molecule has 1 aliphatic rings.